The number of unbranched alkanes of at least 4 members (excludes halogenated alkanes) is 2. The number of hydrogen-bond donors (Lipinski definition) is 0. The smallest absolute Gasteiger partial charge is 0.258 e. The molecule has 3 nitrogen and oxygen atoms in total. The Kier molecular flexibility index (Phi) is 5.25. The van der Waals surface area contributed by atoms with Gasteiger partial charge in [-0.2, -0.15) is 4.39 Å². The quantitative estimate of drug-likeness (QED) is 0.328. The number of nitro benzene ring substituents is 1. The summed E-state index contributed by atoms with van der Waals surface area (Å²) in [5, 5.41) is 10.7. The molecule has 0 saturated carbocycles. The molecule has 0 aliphatic carbocycles. The lowest BCUT2D eigenvalue weighted by Gasteiger charge is -2.02. The van der Waals surface area contributed by atoms with E-state index in [0.717, 1.165) is 31.1 Å². The SMILES string of the molecule is CCCCCSc1cccc(F)c1[N+](=O)[O-]. The van der Waals surface area contributed by atoms with Crippen LogP contribution in [0.5, 0.6) is 0 Å². The lowest BCUT2D eigenvalue weighted by Crippen LogP contribution is -1.95. The molecule has 16 heavy (non-hydrogen) atoms. The lowest BCUT2D eigenvalue weighted by atomic mass is 10.3. The van der Waals surface area contributed by atoms with Crippen LogP contribution >= 0.6 is 11.8 Å². The predicted molar refractivity (Wildman–Crippen MR) is 63.3 cm³/mol. The largest absolute Gasteiger partial charge is 0.318 e. The number of nitrogens with zero attached hydrogens (tertiary/aromatic N) is 1. The first kappa shape index (κ1) is 13.0. The fourth-order valence-corrected chi connectivity index (χ4v) is 2.38. The van der Waals surface area contributed by atoms with Crippen molar-refractivity contribution in [2.45, 2.75) is 31.1 Å². The molecular weight excluding hydrogens is 229 g/mol. The summed E-state index contributed by atoms with van der Waals surface area (Å²) in [6, 6.07) is 4.22. The Hall–Kier alpha value is -1.10. The van der Waals surface area contributed by atoms with E-state index in [1.807, 2.05) is 0 Å². The number of hydrogen-bond acceptors (Lipinski definition) is 3. The van der Waals surface area contributed by atoms with Crippen molar-refractivity contribution in [1.29, 1.82) is 0 Å². The minimum atomic E-state index is -0.759. The van der Waals surface area contributed by atoms with Crippen molar-refractivity contribution in [2.24, 2.45) is 0 Å². The van der Waals surface area contributed by atoms with Crippen LogP contribution in [0.15, 0.2) is 23.1 Å². The molecule has 5 heteroatoms. The van der Waals surface area contributed by atoms with Crippen molar-refractivity contribution in [1.82, 2.24) is 0 Å². The summed E-state index contributed by atoms with van der Waals surface area (Å²) in [6.07, 6.45) is 3.19. The number of para-hydroxylation sites is 1. The summed E-state index contributed by atoms with van der Waals surface area (Å²) in [4.78, 5) is 10.4. The van der Waals surface area contributed by atoms with Crippen LogP contribution < -0.4 is 0 Å². The molecule has 0 N–H and O–H groups in total. The van der Waals surface area contributed by atoms with E-state index < -0.39 is 16.4 Å². The van der Waals surface area contributed by atoms with Crippen molar-refractivity contribution >= 4 is 17.4 Å². The molecule has 0 spiro atoms. The van der Waals surface area contributed by atoms with Crippen molar-refractivity contribution in [3.05, 3.63) is 34.1 Å². The summed E-state index contributed by atoms with van der Waals surface area (Å²) in [6.45, 7) is 2.09. The third kappa shape index (κ3) is 3.48. The maximum absolute atomic E-state index is 13.2. The Morgan fingerprint density at radius 1 is 1.44 bits per heavy atom. The summed E-state index contributed by atoms with van der Waals surface area (Å²) < 4.78 is 13.2. The lowest BCUT2D eigenvalue weighted by molar-refractivity contribution is -0.390. The number of thioether (sulfide) groups is 1. The Bertz CT molecular complexity index is 371. The molecule has 1 aromatic carbocycles. The summed E-state index contributed by atoms with van der Waals surface area (Å²) >= 11 is 1.35. The van der Waals surface area contributed by atoms with Gasteiger partial charge in [0, 0.05) is 0 Å². The van der Waals surface area contributed by atoms with Crippen LogP contribution in [0.2, 0.25) is 0 Å². The van der Waals surface area contributed by atoms with Crippen LogP contribution in [0.25, 0.3) is 0 Å². The average Bonchev–Trinajstić information content (AvgIpc) is 2.24. The second-order valence-electron chi connectivity index (χ2n) is 3.40. The molecule has 1 aromatic rings. The zero-order chi connectivity index (χ0) is 12.0. The van der Waals surface area contributed by atoms with Crippen LogP contribution in [-0.2, 0) is 0 Å². The molecule has 0 radical (unpaired) electrons. The van der Waals surface area contributed by atoms with Gasteiger partial charge in [0.25, 0.3) is 0 Å². The minimum Gasteiger partial charge on any atom is -0.258 e. The first-order chi connectivity index (χ1) is 7.66. The van der Waals surface area contributed by atoms with Crippen LogP contribution in [0.1, 0.15) is 26.2 Å². The third-order valence-electron chi connectivity index (χ3n) is 2.14. The number of benzene rings is 1. The Morgan fingerprint density at radius 2 is 2.19 bits per heavy atom. The first-order valence-corrected chi connectivity index (χ1v) is 6.21. The Balaban J connectivity index is 2.71. The van der Waals surface area contributed by atoms with Gasteiger partial charge in [0.2, 0.25) is 5.82 Å². The monoisotopic (exact) mass is 243 g/mol. The minimum absolute atomic E-state index is 0.399. The highest BCUT2D eigenvalue weighted by Gasteiger charge is 2.19. The van der Waals surface area contributed by atoms with Gasteiger partial charge in [-0.25, -0.2) is 0 Å². The molecule has 0 aliphatic heterocycles. The molecule has 0 saturated heterocycles. The summed E-state index contributed by atoms with van der Waals surface area (Å²) in [5.41, 5.74) is -0.399. The van der Waals surface area contributed by atoms with Gasteiger partial charge in [0.05, 0.1) is 9.82 Å². The topological polar surface area (TPSA) is 43.1 Å². The van der Waals surface area contributed by atoms with E-state index >= 15 is 0 Å². The van der Waals surface area contributed by atoms with Gasteiger partial charge in [0.1, 0.15) is 0 Å². The number of halogens is 1. The fraction of sp³-hybridized carbons (Fsp3) is 0.455. The van der Waals surface area contributed by atoms with E-state index in [1.165, 1.54) is 17.8 Å². The first-order valence-electron chi connectivity index (χ1n) is 5.22. The number of nitro groups is 1. The van der Waals surface area contributed by atoms with Crippen LogP contribution in [0.4, 0.5) is 10.1 Å². The molecule has 0 fully saturated rings. The van der Waals surface area contributed by atoms with E-state index in [1.54, 1.807) is 6.07 Å². The van der Waals surface area contributed by atoms with E-state index in [-0.39, 0.29) is 0 Å². The fourth-order valence-electron chi connectivity index (χ4n) is 1.32. The van der Waals surface area contributed by atoms with E-state index in [0.29, 0.717) is 4.90 Å². The third-order valence-corrected chi connectivity index (χ3v) is 3.27. The van der Waals surface area contributed by atoms with Crippen molar-refractivity contribution in [3.63, 3.8) is 0 Å². The van der Waals surface area contributed by atoms with Gasteiger partial charge >= 0.3 is 5.69 Å². The van der Waals surface area contributed by atoms with E-state index in [2.05, 4.69) is 6.92 Å². The summed E-state index contributed by atoms with van der Waals surface area (Å²) in [7, 11) is 0. The second kappa shape index (κ2) is 6.48. The average molecular weight is 243 g/mol. The maximum Gasteiger partial charge on any atom is 0.318 e. The van der Waals surface area contributed by atoms with Crippen LogP contribution in [0, 0.1) is 15.9 Å². The molecule has 0 aromatic heterocycles. The number of rotatable bonds is 6. The van der Waals surface area contributed by atoms with E-state index in [9.17, 15) is 14.5 Å². The van der Waals surface area contributed by atoms with E-state index in [4.69, 9.17) is 0 Å². The standard InChI is InChI=1S/C11H14FNO2S/c1-2-3-4-8-16-10-7-5-6-9(12)11(10)13(14)15/h5-7H,2-4,8H2,1H3. The molecular formula is C11H14FNO2S. The molecule has 0 amide bonds. The molecule has 0 heterocycles. The van der Waals surface area contributed by atoms with Gasteiger partial charge in [-0.1, -0.05) is 25.8 Å². The van der Waals surface area contributed by atoms with Gasteiger partial charge in [-0.3, -0.25) is 10.1 Å². The second-order valence-corrected chi connectivity index (χ2v) is 4.54. The Labute approximate surface area is 98.2 Å². The van der Waals surface area contributed by atoms with Crippen molar-refractivity contribution < 1.29 is 9.31 Å². The van der Waals surface area contributed by atoms with Gasteiger partial charge < -0.3 is 0 Å². The van der Waals surface area contributed by atoms with Gasteiger partial charge in [-0.05, 0) is 24.3 Å². The maximum atomic E-state index is 13.2. The summed E-state index contributed by atoms with van der Waals surface area (Å²) in [5.74, 6) is 0.0310. The van der Waals surface area contributed by atoms with Gasteiger partial charge in [-0.15, -0.1) is 11.8 Å². The highest BCUT2D eigenvalue weighted by atomic mass is 32.2. The van der Waals surface area contributed by atoms with Crippen molar-refractivity contribution in [3.8, 4) is 0 Å². The zero-order valence-corrected chi connectivity index (χ0v) is 9.93. The normalized spacial score (nSPS) is 10.4. The van der Waals surface area contributed by atoms with Crippen LogP contribution in [0.3, 0.4) is 0 Å². The molecule has 0 unspecified atom stereocenters. The molecule has 88 valence electrons. The Morgan fingerprint density at radius 3 is 2.81 bits per heavy atom. The van der Waals surface area contributed by atoms with Crippen molar-refractivity contribution in [2.75, 3.05) is 5.75 Å². The van der Waals surface area contributed by atoms with Gasteiger partial charge in [0.15, 0.2) is 0 Å². The molecule has 0 aliphatic rings. The molecule has 0 atom stereocenters. The zero-order valence-electron chi connectivity index (χ0n) is 9.11. The van der Waals surface area contributed by atoms with Crippen LogP contribution in [-0.4, -0.2) is 10.7 Å². The predicted octanol–water partition coefficient (Wildman–Crippen LogP) is 4.02. The molecule has 0 bridgehead atoms. The molecule has 1 rings (SSSR count). The highest BCUT2D eigenvalue weighted by Crippen LogP contribution is 2.31. The highest BCUT2D eigenvalue weighted by molar-refractivity contribution is 7.99.